The molecule has 2 aromatic carbocycles. The Bertz CT molecular complexity index is 665. The van der Waals surface area contributed by atoms with Crippen LogP contribution < -0.4 is 0 Å². The molecule has 0 unspecified atom stereocenters. The minimum absolute atomic E-state index is 0.0531. The standard InChI is InChI=1S/C15H13NO4/c1-10-12(9-15(17)18)7-13(8-14(10)16(19)20)11-5-3-2-4-6-11/h2-8H,9H2,1H3,(H,17,18). The van der Waals surface area contributed by atoms with Gasteiger partial charge < -0.3 is 5.11 Å². The van der Waals surface area contributed by atoms with Gasteiger partial charge in [0.15, 0.2) is 0 Å². The van der Waals surface area contributed by atoms with E-state index in [2.05, 4.69) is 0 Å². The Morgan fingerprint density at radius 1 is 1.20 bits per heavy atom. The minimum Gasteiger partial charge on any atom is -0.481 e. The van der Waals surface area contributed by atoms with Gasteiger partial charge in [0.2, 0.25) is 0 Å². The van der Waals surface area contributed by atoms with Gasteiger partial charge in [-0.15, -0.1) is 0 Å². The molecule has 0 saturated heterocycles. The SMILES string of the molecule is Cc1c(CC(=O)O)cc(-c2ccccc2)cc1[N+](=O)[O-]. The van der Waals surface area contributed by atoms with Crippen LogP contribution >= 0.6 is 0 Å². The average Bonchev–Trinajstić information content (AvgIpc) is 2.41. The Kier molecular flexibility index (Phi) is 3.79. The Morgan fingerprint density at radius 3 is 2.40 bits per heavy atom. The molecule has 5 nitrogen and oxygen atoms in total. The molecule has 0 radical (unpaired) electrons. The number of rotatable bonds is 4. The molecule has 0 aliphatic heterocycles. The second-order valence-electron chi connectivity index (χ2n) is 4.47. The van der Waals surface area contributed by atoms with Crippen LogP contribution in [0.3, 0.4) is 0 Å². The lowest BCUT2D eigenvalue weighted by molar-refractivity contribution is -0.385. The highest BCUT2D eigenvalue weighted by Crippen LogP contribution is 2.30. The quantitative estimate of drug-likeness (QED) is 0.684. The number of carboxylic acid groups (broad SMARTS) is 1. The number of aliphatic carboxylic acids is 1. The fourth-order valence-corrected chi connectivity index (χ4v) is 2.09. The van der Waals surface area contributed by atoms with E-state index in [-0.39, 0.29) is 12.1 Å². The number of nitro benzene ring substituents is 1. The Labute approximate surface area is 115 Å². The predicted molar refractivity (Wildman–Crippen MR) is 74.6 cm³/mol. The van der Waals surface area contributed by atoms with Gasteiger partial charge in [-0.2, -0.15) is 0 Å². The number of hydrogen-bond donors (Lipinski definition) is 1. The monoisotopic (exact) mass is 271 g/mol. The summed E-state index contributed by atoms with van der Waals surface area (Å²) in [7, 11) is 0. The van der Waals surface area contributed by atoms with Crippen molar-refractivity contribution >= 4 is 11.7 Å². The molecule has 0 fully saturated rings. The molecule has 0 atom stereocenters. The molecule has 2 rings (SSSR count). The van der Waals surface area contributed by atoms with Gasteiger partial charge in [-0.25, -0.2) is 0 Å². The molecular formula is C15H13NO4. The Balaban J connectivity index is 2.61. The van der Waals surface area contributed by atoms with Gasteiger partial charge in [0.25, 0.3) is 5.69 Å². The lowest BCUT2D eigenvalue weighted by Crippen LogP contribution is -2.04. The second kappa shape index (κ2) is 5.52. The summed E-state index contributed by atoms with van der Waals surface area (Å²) in [5.41, 5.74) is 2.28. The van der Waals surface area contributed by atoms with E-state index in [0.717, 1.165) is 5.56 Å². The van der Waals surface area contributed by atoms with Crippen molar-refractivity contribution in [1.82, 2.24) is 0 Å². The molecule has 0 aliphatic rings. The first-order valence-electron chi connectivity index (χ1n) is 6.04. The zero-order valence-electron chi connectivity index (χ0n) is 10.9. The molecule has 0 spiro atoms. The summed E-state index contributed by atoms with van der Waals surface area (Å²) in [5.74, 6) is -1.01. The summed E-state index contributed by atoms with van der Waals surface area (Å²) in [5, 5.41) is 20.0. The molecule has 0 heterocycles. The van der Waals surface area contributed by atoms with Gasteiger partial charge in [0.05, 0.1) is 11.3 Å². The number of nitro groups is 1. The largest absolute Gasteiger partial charge is 0.481 e. The van der Waals surface area contributed by atoms with Crippen molar-refractivity contribution in [3.63, 3.8) is 0 Å². The topological polar surface area (TPSA) is 80.4 Å². The van der Waals surface area contributed by atoms with Crippen LogP contribution in [-0.4, -0.2) is 16.0 Å². The fourth-order valence-electron chi connectivity index (χ4n) is 2.09. The van der Waals surface area contributed by atoms with Gasteiger partial charge in [-0.05, 0) is 29.7 Å². The molecule has 0 aromatic heterocycles. The van der Waals surface area contributed by atoms with E-state index in [1.54, 1.807) is 13.0 Å². The van der Waals surface area contributed by atoms with Crippen molar-refractivity contribution in [3.8, 4) is 11.1 Å². The van der Waals surface area contributed by atoms with Crippen LogP contribution in [0.25, 0.3) is 11.1 Å². The van der Waals surface area contributed by atoms with Gasteiger partial charge in [0.1, 0.15) is 0 Å². The van der Waals surface area contributed by atoms with E-state index in [4.69, 9.17) is 5.11 Å². The van der Waals surface area contributed by atoms with E-state index >= 15 is 0 Å². The number of carbonyl (C=O) groups is 1. The van der Waals surface area contributed by atoms with Crippen LogP contribution in [0.1, 0.15) is 11.1 Å². The van der Waals surface area contributed by atoms with Gasteiger partial charge in [-0.3, -0.25) is 14.9 Å². The third kappa shape index (κ3) is 2.83. The van der Waals surface area contributed by atoms with Gasteiger partial charge in [0, 0.05) is 11.6 Å². The molecule has 2 aromatic rings. The normalized spacial score (nSPS) is 10.2. The zero-order valence-corrected chi connectivity index (χ0v) is 10.9. The Hall–Kier alpha value is -2.69. The molecule has 0 amide bonds. The highest BCUT2D eigenvalue weighted by Gasteiger charge is 2.18. The lowest BCUT2D eigenvalue weighted by Gasteiger charge is -2.08. The van der Waals surface area contributed by atoms with E-state index in [1.165, 1.54) is 6.07 Å². The molecule has 102 valence electrons. The van der Waals surface area contributed by atoms with Crippen LogP contribution in [0, 0.1) is 17.0 Å². The molecule has 0 bridgehead atoms. The van der Waals surface area contributed by atoms with Crippen molar-refractivity contribution < 1.29 is 14.8 Å². The molecular weight excluding hydrogens is 258 g/mol. The van der Waals surface area contributed by atoms with Crippen LogP contribution in [0.4, 0.5) is 5.69 Å². The van der Waals surface area contributed by atoms with Crippen LogP contribution in [0.2, 0.25) is 0 Å². The summed E-state index contributed by atoms with van der Waals surface area (Å²) in [6, 6.07) is 12.4. The average molecular weight is 271 g/mol. The van der Waals surface area contributed by atoms with E-state index in [0.29, 0.717) is 16.7 Å². The van der Waals surface area contributed by atoms with Crippen molar-refractivity contribution in [2.24, 2.45) is 0 Å². The van der Waals surface area contributed by atoms with Crippen LogP contribution in [0.5, 0.6) is 0 Å². The van der Waals surface area contributed by atoms with Gasteiger partial charge in [-0.1, -0.05) is 30.3 Å². The smallest absolute Gasteiger partial charge is 0.307 e. The summed E-state index contributed by atoms with van der Waals surface area (Å²) in [6.45, 7) is 1.57. The molecule has 5 heteroatoms. The molecule has 0 aliphatic carbocycles. The number of carboxylic acids is 1. The van der Waals surface area contributed by atoms with Crippen molar-refractivity contribution in [3.05, 3.63) is 63.7 Å². The fraction of sp³-hybridized carbons (Fsp3) is 0.133. The highest BCUT2D eigenvalue weighted by atomic mass is 16.6. The summed E-state index contributed by atoms with van der Waals surface area (Å²) in [6.07, 6.45) is -0.229. The third-order valence-corrected chi connectivity index (χ3v) is 3.13. The first-order chi connectivity index (χ1) is 9.49. The maximum Gasteiger partial charge on any atom is 0.307 e. The summed E-state index contributed by atoms with van der Waals surface area (Å²) in [4.78, 5) is 21.5. The molecule has 20 heavy (non-hydrogen) atoms. The molecule has 1 N–H and O–H groups in total. The lowest BCUT2D eigenvalue weighted by atomic mass is 9.96. The minimum atomic E-state index is -1.01. The van der Waals surface area contributed by atoms with E-state index in [9.17, 15) is 14.9 Å². The Morgan fingerprint density at radius 2 is 1.85 bits per heavy atom. The van der Waals surface area contributed by atoms with E-state index < -0.39 is 10.9 Å². The maximum absolute atomic E-state index is 11.1. The van der Waals surface area contributed by atoms with E-state index in [1.807, 2.05) is 30.3 Å². The van der Waals surface area contributed by atoms with Crippen molar-refractivity contribution in [2.75, 3.05) is 0 Å². The maximum atomic E-state index is 11.1. The first kappa shape index (κ1) is 13.7. The predicted octanol–water partition coefficient (Wildman–Crippen LogP) is 3.20. The van der Waals surface area contributed by atoms with Crippen molar-refractivity contribution in [2.45, 2.75) is 13.3 Å². The summed E-state index contributed by atoms with van der Waals surface area (Å²) >= 11 is 0. The van der Waals surface area contributed by atoms with Crippen LogP contribution in [0.15, 0.2) is 42.5 Å². The zero-order chi connectivity index (χ0) is 14.7. The molecule has 0 saturated carbocycles. The number of hydrogen-bond acceptors (Lipinski definition) is 3. The number of nitrogens with zero attached hydrogens (tertiary/aromatic N) is 1. The van der Waals surface area contributed by atoms with Crippen LogP contribution in [-0.2, 0) is 11.2 Å². The summed E-state index contributed by atoms with van der Waals surface area (Å²) < 4.78 is 0. The number of benzene rings is 2. The second-order valence-corrected chi connectivity index (χ2v) is 4.47. The first-order valence-corrected chi connectivity index (χ1v) is 6.04. The van der Waals surface area contributed by atoms with Crippen molar-refractivity contribution in [1.29, 1.82) is 0 Å². The highest BCUT2D eigenvalue weighted by molar-refractivity contribution is 5.75. The third-order valence-electron chi connectivity index (χ3n) is 3.13. The van der Waals surface area contributed by atoms with Gasteiger partial charge >= 0.3 is 5.97 Å².